The van der Waals surface area contributed by atoms with Crippen molar-refractivity contribution in [3.05, 3.63) is 75.5 Å². The number of nitrogens with one attached hydrogen (secondary N) is 1. The second kappa shape index (κ2) is 5.63. The highest BCUT2D eigenvalue weighted by Crippen LogP contribution is 2.15. The number of carbonyl (C=O) groups excluding carboxylic acids is 1. The Bertz CT molecular complexity index is 784. The van der Waals surface area contributed by atoms with Gasteiger partial charge in [-0.25, -0.2) is 0 Å². The number of halogens is 1. The van der Waals surface area contributed by atoms with E-state index in [-0.39, 0.29) is 5.78 Å². The summed E-state index contributed by atoms with van der Waals surface area (Å²) < 4.78 is 1.13. The van der Waals surface area contributed by atoms with Gasteiger partial charge in [0, 0.05) is 20.8 Å². The van der Waals surface area contributed by atoms with Crippen molar-refractivity contribution >= 4 is 45.4 Å². The lowest BCUT2D eigenvalue weighted by atomic mass is 10.1. The van der Waals surface area contributed by atoms with Gasteiger partial charge in [-0.15, -0.1) is 0 Å². The predicted octanol–water partition coefficient (Wildman–Crippen LogP) is 4.67. The highest BCUT2D eigenvalue weighted by molar-refractivity contribution is 14.1. The van der Waals surface area contributed by atoms with E-state index in [2.05, 4.69) is 33.6 Å². The van der Waals surface area contributed by atoms with Crippen LogP contribution in [0.5, 0.6) is 0 Å². The summed E-state index contributed by atoms with van der Waals surface area (Å²) in [6, 6.07) is 15.7. The number of allylic oxidation sites excluding steroid dienone is 1. The number of aromatic amines is 1. The standard InChI is InChI=1S/C17H12INO/c18-15-5-3-13(4-6-15)17(20)8-2-12-1-7-16-14(11-12)9-10-19-16/h1-11,19H/b8-2+. The third-order valence-corrected chi connectivity index (χ3v) is 3.85. The Morgan fingerprint density at radius 1 is 1.05 bits per heavy atom. The van der Waals surface area contributed by atoms with Crippen molar-refractivity contribution in [3.63, 3.8) is 0 Å². The van der Waals surface area contributed by atoms with Crippen LogP contribution >= 0.6 is 22.6 Å². The summed E-state index contributed by atoms with van der Waals surface area (Å²) in [6.45, 7) is 0. The van der Waals surface area contributed by atoms with E-state index in [0.717, 1.165) is 20.0 Å². The summed E-state index contributed by atoms with van der Waals surface area (Å²) in [5, 5.41) is 1.15. The Morgan fingerprint density at radius 2 is 1.85 bits per heavy atom. The Labute approximate surface area is 130 Å². The lowest BCUT2D eigenvalue weighted by Crippen LogP contribution is -1.93. The number of aromatic nitrogens is 1. The van der Waals surface area contributed by atoms with Crippen molar-refractivity contribution in [2.24, 2.45) is 0 Å². The molecular formula is C17H12INO. The van der Waals surface area contributed by atoms with Crippen LogP contribution in [-0.4, -0.2) is 10.8 Å². The van der Waals surface area contributed by atoms with E-state index in [9.17, 15) is 4.79 Å². The average Bonchev–Trinajstić information content (AvgIpc) is 2.93. The van der Waals surface area contributed by atoms with Gasteiger partial charge in [-0.3, -0.25) is 4.79 Å². The molecule has 0 bridgehead atoms. The number of carbonyl (C=O) groups is 1. The first-order valence-corrected chi connectivity index (χ1v) is 7.35. The quantitative estimate of drug-likeness (QED) is 0.404. The van der Waals surface area contributed by atoms with Gasteiger partial charge in [0.1, 0.15) is 0 Å². The monoisotopic (exact) mass is 373 g/mol. The van der Waals surface area contributed by atoms with Crippen molar-refractivity contribution in [2.45, 2.75) is 0 Å². The van der Waals surface area contributed by atoms with Crippen LogP contribution in [0.1, 0.15) is 15.9 Å². The SMILES string of the molecule is O=C(/C=C/c1ccc2[nH]ccc2c1)c1ccc(I)cc1. The summed E-state index contributed by atoms with van der Waals surface area (Å²) >= 11 is 2.23. The molecule has 2 nitrogen and oxygen atoms in total. The van der Waals surface area contributed by atoms with Gasteiger partial charge in [-0.05, 0) is 69.9 Å². The van der Waals surface area contributed by atoms with E-state index in [0.29, 0.717) is 5.56 Å². The van der Waals surface area contributed by atoms with Crippen LogP contribution in [0.2, 0.25) is 0 Å². The molecule has 1 aromatic heterocycles. The number of hydrogen-bond donors (Lipinski definition) is 1. The Balaban J connectivity index is 1.82. The van der Waals surface area contributed by atoms with E-state index in [1.165, 1.54) is 0 Å². The van der Waals surface area contributed by atoms with Gasteiger partial charge in [0.2, 0.25) is 0 Å². The highest BCUT2D eigenvalue weighted by Gasteiger charge is 2.01. The smallest absolute Gasteiger partial charge is 0.185 e. The molecule has 0 amide bonds. The molecule has 0 saturated carbocycles. The summed E-state index contributed by atoms with van der Waals surface area (Å²) in [5.74, 6) is 0.0237. The van der Waals surface area contributed by atoms with Crippen molar-refractivity contribution in [1.29, 1.82) is 0 Å². The second-order valence-electron chi connectivity index (χ2n) is 4.53. The first-order valence-electron chi connectivity index (χ1n) is 6.27. The van der Waals surface area contributed by atoms with Crippen LogP contribution < -0.4 is 0 Å². The molecule has 0 saturated heterocycles. The summed E-state index contributed by atoms with van der Waals surface area (Å²) in [6.07, 6.45) is 5.39. The zero-order valence-corrected chi connectivity index (χ0v) is 12.8. The number of hydrogen-bond acceptors (Lipinski definition) is 1. The van der Waals surface area contributed by atoms with Crippen LogP contribution in [0, 0.1) is 3.57 Å². The van der Waals surface area contributed by atoms with Gasteiger partial charge in [-0.2, -0.15) is 0 Å². The van der Waals surface area contributed by atoms with Crippen LogP contribution in [0.15, 0.2) is 60.8 Å². The molecule has 0 aliphatic heterocycles. The molecule has 0 radical (unpaired) electrons. The Morgan fingerprint density at radius 3 is 2.65 bits per heavy atom. The first kappa shape index (κ1) is 13.1. The maximum atomic E-state index is 12.0. The maximum absolute atomic E-state index is 12.0. The van der Waals surface area contributed by atoms with E-state index in [1.807, 2.05) is 54.7 Å². The van der Waals surface area contributed by atoms with Crippen LogP contribution in [0.25, 0.3) is 17.0 Å². The van der Waals surface area contributed by atoms with Crippen LogP contribution in [-0.2, 0) is 0 Å². The third-order valence-electron chi connectivity index (χ3n) is 3.13. The topological polar surface area (TPSA) is 32.9 Å². The molecule has 1 N–H and O–H groups in total. The molecule has 2 aromatic carbocycles. The maximum Gasteiger partial charge on any atom is 0.185 e. The fraction of sp³-hybridized carbons (Fsp3) is 0. The molecule has 0 unspecified atom stereocenters. The minimum Gasteiger partial charge on any atom is -0.361 e. The highest BCUT2D eigenvalue weighted by atomic mass is 127. The normalized spacial score (nSPS) is 11.2. The Hall–Kier alpha value is -1.88. The van der Waals surface area contributed by atoms with Gasteiger partial charge in [0.25, 0.3) is 0 Å². The van der Waals surface area contributed by atoms with E-state index in [1.54, 1.807) is 6.08 Å². The third kappa shape index (κ3) is 2.82. The predicted molar refractivity (Wildman–Crippen MR) is 90.8 cm³/mol. The number of ketones is 1. The Kier molecular flexibility index (Phi) is 3.69. The molecule has 0 aliphatic rings. The summed E-state index contributed by atoms with van der Waals surface area (Å²) in [4.78, 5) is 15.2. The summed E-state index contributed by atoms with van der Waals surface area (Å²) in [5.41, 5.74) is 2.84. The van der Waals surface area contributed by atoms with Crippen LogP contribution in [0.3, 0.4) is 0 Å². The number of fused-ring (bicyclic) bond motifs is 1. The number of benzene rings is 2. The van der Waals surface area contributed by atoms with Gasteiger partial charge in [0.15, 0.2) is 5.78 Å². The molecule has 0 spiro atoms. The largest absolute Gasteiger partial charge is 0.361 e. The van der Waals surface area contributed by atoms with Gasteiger partial charge >= 0.3 is 0 Å². The fourth-order valence-electron chi connectivity index (χ4n) is 2.06. The van der Waals surface area contributed by atoms with Crippen molar-refractivity contribution in [3.8, 4) is 0 Å². The van der Waals surface area contributed by atoms with E-state index < -0.39 is 0 Å². The minimum absolute atomic E-state index is 0.0237. The average molecular weight is 373 g/mol. The molecular weight excluding hydrogens is 361 g/mol. The molecule has 3 heteroatoms. The first-order chi connectivity index (χ1) is 9.72. The second-order valence-corrected chi connectivity index (χ2v) is 5.77. The zero-order valence-electron chi connectivity index (χ0n) is 10.6. The van der Waals surface area contributed by atoms with Crippen molar-refractivity contribution in [1.82, 2.24) is 4.98 Å². The molecule has 0 atom stereocenters. The molecule has 1 heterocycles. The van der Waals surface area contributed by atoms with Crippen LogP contribution in [0.4, 0.5) is 0 Å². The zero-order chi connectivity index (χ0) is 13.9. The lowest BCUT2D eigenvalue weighted by molar-refractivity contribution is 0.104. The molecule has 98 valence electrons. The van der Waals surface area contributed by atoms with Crippen molar-refractivity contribution < 1.29 is 4.79 Å². The van der Waals surface area contributed by atoms with Gasteiger partial charge < -0.3 is 4.98 Å². The number of rotatable bonds is 3. The molecule has 20 heavy (non-hydrogen) atoms. The molecule has 3 aromatic rings. The molecule has 3 rings (SSSR count). The van der Waals surface area contributed by atoms with Gasteiger partial charge in [0.05, 0.1) is 0 Å². The lowest BCUT2D eigenvalue weighted by Gasteiger charge is -1.97. The summed E-state index contributed by atoms with van der Waals surface area (Å²) in [7, 11) is 0. The van der Waals surface area contributed by atoms with E-state index in [4.69, 9.17) is 0 Å². The minimum atomic E-state index is 0.0237. The van der Waals surface area contributed by atoms with E-state index >= 15 is 0 Å². The fourth-order valence-corrected chi connectivity index (χ4v) is 2.42. The van der Waals surface area contributed by atoms with Gasteiger partial charge in [-0.1, -0.05) is 24.3 Å². The molecule has 0 aliphatic carbocycles. The van der Waals surface area contributed by atoms with Crippen molar-refractivity contribution in [2.75, 3.05) is 0 Å². The number of H-pyrrole nitrogens is 1. The molecule has 0 fully saturated rings.